The molecule has 1 aliphatic heterocycles. The Morgan fingerprint density at radius 3 is 3.13 bits per heavy atom. The number of ether oxygens (including phenoxy) is 1. The van der Waals surface area contributed by atoms with Gasteiger partial charge in [0.2, 0.25) is 0 Å². The number of hydrogen-bond donors (Lipinski definition) is 1. The lowest BCUT2D eigenvalue weighted by molar-refractivity contribution is 0.179. The second-order valence-corrected chi connectivity index (χ2v) is 4.03. The van der Waals surface area contributed by atoms with Gasteiger partial charge < -0.3 is 10.1 Å². The fourth-order valence-electron chi connectivity index (χ4n) is 1.62. The first-order chi connectivity index (χ1) is 7.20. The molecule has 1 aromatic rings. The quantitative estimate of drug-likeness (QED) is 0.795. The van der Waals surface area contributed by atoms with E-state index >= 15 is 0 Å². The number of fused-ring (bicyclic) bond motifs is 1. The maximum Gasteiger partial charge on any atom is 0.144 e. The minimum absolute atomic E-state index is 0.110. The molecule has 2 unspecified atom stereocenters. The van der Waals surface area contributed by atoms with Crippen molar-refractivity contribution in [3.05, 3.63) is 23.2 Å². The van der Waals surface area contributed by atoms with Crippen molar-refractivity contribution in [3.8, 4) is 11.8 Å². The summed E-state index contributed by atoms with van der Waals surface area (Å²) >= 11 is 5.87. The lowest BCUT2D eigenvalue weighted by Crippen LogP contribution is -2.38. The molecule has 4 heteroatoms. The molecule has 1 aliphatic rings. The van der Waals surface area contributed by atoms with Gasteiger partial charge in [0.15, 0.2) is 0 Å². The van der Waals surface area contributed by atoms with Gasteiger partial charge in [0, 0.05) is 11.1 Å². The van der Waals surface area contributed by atoms with Gasteiger partial charge in [-0.2, -0.15) is 5.26 Å². The summed E-state index contributed by atoms with van der Waals surface area (Å²) in [6.45, 7) is 2.00. The largest absolute Gasteiger partial charge is 0.485 e. The fourth-order valence-corrected chi connectivity index (χ4v) is 1.79. The van der Waals surface area contributed by atoms with Crippen molar-refractivity contribution >= 4 is 17.3 Å². The topological polar surface area (TPSA) is 45.0 Å². The number of benzene rings is 1. The molecule has 0 amide bonds. The molecule has 0 fully saturated rings. The number of nitrogens with zero attached hydrogens (tertiary/aromatic N) is 1. The summed E-state index contributed by atoms with van der Waals surface area (Å²) in [4.78, 5) is 0. The van der Waals surface area contributed by atoms with Crippen LogP contribution >= 0.6 is 11.6 Å². The molecule has 2 rings (SSSR count). The molecule has 1 heterocycles. The van der Waals surface area contributed by atoms with Crippen LogP contribution in [0.5, 0.6) is 5.75 Å². The molecule has 3 nitrogen and oxygen atoms in total. The molecular formula is C11H11ClN2O. The minimum atomic E-state index is -0.110. The van der Waals surface area contributed by atoms with Crippen molar-refractivity contribution in [3.63, 3.8) is 0 Å². The SMILES string of the molecule is CC1Nc2ccc(Cl)cc2OC1CC#N. The van der Waals surface area contributed by atoms with Crippen LogP contribution in [-0.4, -0.2) is 12.1 Å². The van der Waals surface area contributed by atoms with Crippen molar-refractivity contribution in [2.24, 2.45) is 0 Å². The van der Waals surface area contributed by atoms with Gasteiger partial charge in [0.25, 0.3) is 0 Å². The Kier molecular flexibility index (Phi) is 2.70. The first kappa shape index (κ1) is 10.1. The fraction of sp³-hybridized carbons (Fsp3) is 0.364. The van der Waals surface area contributed by atoms with Crippen LogP contribution in [0.2, 0.25) is 5.02 Å². The smallest absolute Gasteiger partial charge is 0.144 e. The van der Waals surface area contributed by atoms with Crippen molar-refractivity contribution < 1.29 is 4.74 Å². The average Bonchev–Trinajstić information content (AvgIpc) is 2.20. The summed E-state index contributed by atoms with van der Waals surface area (Å²) < 4.78 is 5.70. The summed E-state index contributed by atoms with van der Waals surface area (Å²) in [6, 6.07) is 7.72. The van der Waals surface area contributed by atoms with Crippen molar-refractivity contribution in [1.82, 2.24) is 0 Å². The van der Waals surface area contributed by atoms with E-state index in [2.05, 4.69) is 11.4 Å². The molecule has 15 heavy (non-hydrogen) atoms. The van der Waals surface area contributed by atoms with Crippen LogP contribution in [0, 0.1) is 11.3 Å². The molecular weight excluding hydrogens is 212 g/mol. The molecule has 0 spiro atoms. The van der Waals surface area contributed by atoms with Gasteiger partial charge >= 0.3 is 0 Å². The van der Waals surface area contributed by atoms with Gasteiger partial charge in [0.1, 0.15) is 11.9 Å². The van der Waals surface area contributed by atoms with Gasteiger partial charge in [-0.1, -0.05) is 11.6 Å². The number of rotatable bonds is 1. The lowest BCUT2D eigenvalue weighted by atomic mass is 10.1. The summed E-state index contributed by atoms with van der Waals surface area (Å²) in [6.07, 6.45) is 0.265. The number of hydrogen-bond acceptors (Lipinski definition) is 3. The monoisotopic (exact) mass is 222 g/mol. The van der Waals surface area contributed by atoms with E-state index in [9.17, 15) is 0 Å². The van der Waals surface area contributed by atoms with Crippen molar-refractivity contribution in [2.75, 3.05) is 5.32 Å². The summed E-state index contributed by atoms with van der Waals surface area (Å²) in [5.74, 6) is 0.723. The Labute approximate surface area is 93.6 Å². The number of halogens is 1. The number of anilines is 1. The third-order valence-corrected chi connectivity index (χ3v) is 2.69. The van der Waals surface area contributed by atoms with E-state index in [-0.39, 0.29) is 12.1 Å². The Morgan fingerprint density at radius 2 is 2.40 bits per heavy atom. The van der Waals surface area contributed by atoms with Crippen LogP contribution in [0.3, 0.4) is 0 Å². The molecule has 0 aromatic heterocycles. The normalized spacial score (nSPS) is 23.3. The predicted molar refractivity (Wildman–Crippen MR) is 59.2 cm³/mol. The first-order valence-electron chi connectivity index (χ1n) is 4.80. The van der Waals surface area contributed by atoms with E-state index in [1.54, 1.807) is 6.07 Å². The molecule has 78 valence electrons. The highest BCUT2D eigenvalue weighted by atomic mass is 35.5. The highest BCUT2D eigenvalue weighted by Gasteiger charge is 2.25. The summed E-state index contributed by atoms with van der Waals surface area (Å²) in [5.41, 5.74) is 0.932. The number of nitrogens with one attached hydrogen (secondary N) is 1. The minimum Gasteiger partial charge on any atom is -0.485 e. The van der Waals surface area contributed by atoms with Crippen molar-refractivity contribution in [2.45, 2.75) is 25.5 Å². The van der Waals surface area contributed by atoms with E-state index in [4.69, 9.17) is 21.6 Å². The standard InChI is InChI=1S/C11H11ClN2O/c1-7-10(4-5-13)15-11-6-8(12)2-3-9(11)14-7/h2-3,6-7,10,14H,4H2,1H3. The average molecular weight is 223 g/mol. The van der Waals surface area contributed by atoms with Crippen LogP contribution < -0.4 is 10.1 Å². The second-order valence-electron chi connectivity index (χ2n) is 3.59. The van der Waals surface area contributed by atoms with Gasteiger partial charge in [-0.05, 0) is 19.1 Å². The molecule has 1 N–H and O–H groups in total. The predicted octanol–water partition coefficient (Wildman–Crippen LogP) is 2.82. The Morgan fingerprint density at radius 1 is 1.60 bits per heavy atom. The second kappa shape index (κ2) is 4.00. The maximum absolute atomic E-state index is 8.66. The van der Waals surface area contributed by atoms with Crippen LogP contribution in [-0.2, 0) is 0 Å². The Bertz CT molecular complexity index is 414. The van der Waals surface area contributed by atoms with E-state index in [1.165, 1.54) is 0 Å². The third-order valence-electron chi connectivity index (χ3n) is 2.46. The Balaban J connectivity index is 2.27. The van der Waals surface area contributed by atoms with Crippen molar-refractivity contribution in [1.29, 1.82) is 5.26 Å². The molecule has 0 radical (unpaired) electrons. The van der Waals surface area contributed by atoms with E-state index < -0.39 is 0 Å². The highest BCUT2D eigenvalue weighted by Crippen LogP contribution is 2.34. The molecule has 0 bridgehead atoms. The van der Waals surface area contributed by atoms with E-state index in [0.717, 1.165) is 11.4 Å². The molecule has 0 aliphatic carbocycles. The Hall–Kier alpha value is -1.40. The third kappa shape index (κ3) is 2.00. The van der Waals surface area contributed by atoms with Crippen LogP contribution in [0.4, 0.5) is 5.69 Å². The highest BCUT2D eigenvalue weighted by molar-refractivity contribution is 6.30. The van der Waals surface area contributed by atoms with Crippen LogP contribution in [0.15, 0.2) is 18.2 Å². The summed E-state index contributed by atoms with van der Waals surface area (Å²) in [5, 5.41) is 12.6. The van der Waals surface area contributed by atoms with Crippen LogP contribution in [0.25, 0.3) is 0 Å². The van der Waals surface area contributed by atoms with Crippen LogP contribution in [0.1, 0.15) is 13.3 Å². The van der Waals surface area contributed by atoms with E-state index in [0.29, 0.717) is 11.4 Å². The number of nitriles is 1. The van der Waals surface area contributed by atoms with Gasteiger partial charge in [-0.3, -0.25) is 0 Å². The van der Waals surface area contributed by atoms with Gasteiger partial charge in [0.05, 0.1) is 24.2 Å². The van der Waals surface area contributed by atoms with Gasteiger partial charge in [-0.15, -0.1) is 0 Å². The summed E-state index contributed by atoms with van der Waals surface area (Å²) in [7, 11) is 0. The molecule has 0 saturated heterocycles. The zero-order chi connectivity index (χ0) is 10.8. The lowest BCUT2D eigenvalue weighted by Gasteiger charge is -2.31. The molecule has 0 saturated carbocycles. The van der Waals surface area contributed by atoms with E-state index in [1.807, 2.05) is 19.1 Å². The maximum atomic E-state index is 8.66. The zero-order valence-electron chi connectivity index (χ0n) is 8.33. The molecule has 2 atom stereocenters. The molecule has 1 aromatic carbocycles. The first-order valence-corrected chi connectivity index (χ1v) is 5.18. The zero-order valence-corrected chi connectivity index (χ0v) is 9.08. The van der Waals surface area contributed by atoms with Gasteiger partial charge in [-0.25, -0.2) is 0 Å².